The highest BCUT2D eigenvalue weighted by Gasteiger charge is 2.10. The highest BCUT2D eigenvalue weighted by atomic mass is 32.9. The Kier molecular flexibility index (Phi) is 6.98. The van der Waals surface area contributed by atoms with E-state index in [1.54, 1.807) is 0 Å². The summed E-state index contributed by atoms with van der Waals surface area (Å²) in [6.45, 7) is 5.35. The molecule has 0 heterocycles. The van der Waals surface area contributed by atoms with Crippen molar-refractivity contribution in [2.24, 2.45) is 0 Å². The molecule has 0 aliphatic rings. The normalized spacial score (nSPS) is 11.9. The average Bonchev–Trinajstić information content (AvgIpc) is 1.97. The third-order valence-electron chi connectivity index (χ3n) is 0.917. The van der Waals surface area contributed by atoms with Crippen LogP contribution in [-0.2, 0) is 20.9 Å². The van der Waals surface area contributed by atoms with Gasteiger partial charge in [0.25, 0.3) is 0 Å². The van der Waals surface area contributed by atoms with Gasteiger partial charge in [-0.15, -0.1) is 0 Å². The first kappa shape index (κ1) is 11.9. The first-order chi connectivity index (χ1) is 5.12. The molecule has 0 atom stereocenters. The second-order valence-electron chi connectivity index (χ2n) is 2.14. The van der Waals surface area contributed by atoms with Gasteiger partial charge in [-0.05, 0) is 24.6 Å². The summed E-state index contributed by atoms with van der Waals surface area (Å²) < 4.78 is 10.5. The van der Waals surface area contributed by atoms with Crippen molar-refractivity contribution in [2.75, 3.05) is 13.2 Å². The molecule has 0 spiro atoms. The maximum atomic E-state index is 5.25. The Morgan fingerprint density at radius 2 is 1.55 bits per heavy atom. The smallest absolute Gasteiger partial charge is 0.244 e. The molecular formula is C6H15O2PS2. The Morgan fingerprint density at radius 1 is 1.18 bits per heavy atom. The number of hydrogen-bond donors (Lipinski definition) is 1. The van der Waals surface area contributed by atoms with E-state index < -0.39 is 5.69 Å². The zero-order chi connectivity index (χ0) is 8.74. The molecule has 0 aromatic rings. The fourth-order valence-corrected chi connectivity index (χ4v) is 2.29. The van der Waals surface area contributed by atoms with Crippen LogP contribution in [-0.4, -0.2) is 13.2 Å². The minimum atomic E-state index is -2.20. The number of thiol groups is 1. The molecule has 0 radical (unpaired) electrons. The van der Waals surface area contributed by atoms with Crippen LogP contribution in [0, 0.1) is 0 Å². The molecule has 0 amide bonds. The van der Waals surface area contributed by atoms with Crippen molar-refractivity contribution < 1.29 is 9.05 Å². The zero-order valence-electron chi connectivity index (χ0n) is 6.95. The molecule has 2 nitrogen and oxygen atoms in total. The Hall–Kier alpha value is 0.920. The van der Waals surface area contributed by atoms with Gasteiger partial charge in [0.15, 0.2) is 0 Å². The molecule has 0 aromatic heterocycles. The molecule has 0 saturated carbocycles. The van der Waals surface area contributed by atoms with Crippen molar-refractivity contribution in [3.63, 3.8) is 0 Å². The standard InChI is InChI=1S/C6H15O2PS2/c1-3-5-7-9(10,11)8-6-4-2/h3-6H2,1-2H3,(H,10,11). The van der Waals surface area contributed by atoms with Crippen molar-refractivity contribution in [3.05, 3.63) is 0 Å². The molecule has 0 aliphatic heterocycles. The molecule has 0 rings (SSSR count). The van der Waals surface area contributed by atoms with Gasteiger partial charge in [0.2, 0.25) is 5.69 Å². The summed E-state index contributed by atoms with van der Waals surface area (Å²) in [6.07, 6.45) is 1.91. The summed E-state index contributed by atoms with van der Waals surface area (Å²) in [5.74, 6) is 0. The molecule has 5 heteroatoms. The maximum Gasteiger partial charge on any atom is 0.244 e. The van der Waals surface area contributed by atoms with Gasteiger partial charge in [0, 0.05) is 0 Å². The third kappa shape index (κ3) is 7.29. The lowest BCUT2D eigenvalue weighted by molar-refractivity contribution is 0.260. The van der Waals surface area contributed by atoms with E-state index in [-0.39, 0.29) is 0 Å². The lowest BCUT2D eigenvalue weighted by Crippen LogP contribution is -1.92. The van der Waals surface area contributed by atoms with E-state index in [9.17, 15) is 0 Å². The summed E-state index contributed by atoms with van der Waals surface area (Å²) in [5.41, 5.74) is -2.20. The fraction of sp³-hybridized carbons (Fsp3) is 1.00. The van der Waals surface area contributed by atoms with Gasteiger partial charge in [0.1, 0.15) is 0 Å². The van der Waals surface area contributed by atoms with Gasteiger partial charge in [-0.25, -0.2) is 0 Å². The van der Waals surface area contributed by atoms with Crippen LogP contribution < -0.4 is 0 Å². The molecule has 68 valence electrons. The van der Waals surface area contributed by atoms with Crippen LogP contribution in [0.3, 0.4) is 0 Å². The molecule has 0 aliphatic carbocycles. The van der Waals surface area contributed by atoms with E-state index in [0.29, 0.717) is 13.2 Å². The number of hydrogen-bond acceptors (Lipinski definition) is 3. The minimum absolute atomic E-state index is 0.643. The second-order valence-corrected chi connectivity index (χ2v) is 7.42. The van der Waals surface area contributed by atoms with Gasteiger partial charge >= 0.3 is 0 Å². The fourth-order valence-electron chi connectivity index (χ4n) is 0.451. The van der Waals surface area contributed by atoms with E-state index in [4.69, 9.17) is 20.9 Å². The van der Waals surface area contributed by atoms with E-state index in [0.717, 1.165) is 12.8 Å². The summed E-state index contributed by atoms with van der Waals surface area (Å²) in [6, 6.07) is 0. The topological polar surface area (TPSA) is 18.5 Å². The molecule has 0 bridgehead atoms. The molecule has 0 saturated heterocycles. The minimum Gasteiger partial charge on any atom is -0.322 e. The van der Waals surface area contributed by atoms with E-state index in [2.05, 4.69) is 12.2 Å². The van der Waals surface area contributed by atoms with E-state index >= 15 is 0 Å². The zero-order valence-corrected chi connectivity index (χ0v) is 9.55. The van der Waals surface area contributed by atoms with Crippen molar-refractivity contribution in [2.45, 2.75) is 26.7 Å². The van der Waals surface area contributed by atoms with Crippen LogP contribution in [0.15, 0.2) is 0 Å². The van der Waals surface area contributed by atoms with Crippen molar-refractivity contribution in [1.82, 2.24) is 0 Å². The van der Waals surface area contributed by atoms with Crippen LogP contribution in [0.25, 0.3) is 0 Å². The average molecular weight is 214 g/mol. The van der Waals surface area contributed by atoms with Gasteiger partial charge in [-0.3, -0.25) is 0 Å². The first-order valence-electron chi connectivity index (χ1n) is 3.74. The molecule has 0 unspecified atom stereocenters. The second kappa shape index (κ2) is 6.44. The van der Waals surface area contributed by atoms with Crippen LogP contribution in [0.5, 0.6) is 0 Å². The van der Waals surface area contributed by atoms with Crippen LogP contribution in [0.2, 0.25) is 0 Å². The molecular weight excluding hydrogens is 199 g/mol. The van der Waals surface area contributed by atoms with Gasteiger partial charge in [-0.2, -0.15) is 0 Å². The summed E-state index contributed by atoms with van der Waals surface area (Å²) in [5, 5.41) is 0. The van der Waals surface area contributed by atoms with Gasteiger partial charge in [-0.1, -0.05) is 26.1 Å². The lowest BCUT2D eigenvalue weighted by Gasteiger charge is -2.15. The third-order valence-corrected chi connectivity index (χ3v) is 3.26. The van der Waals surface area contributed by atoms with E-state index in [1.807, 2.05) is 13.8 Å². The lowest BCUT2D eigenvalue weighted by atomic mass is 10.5. The molecule has 0 N–H and O–H groups in total. The predicted molar refractivity (Wildman–Crippen MR) is 55.8 cm³/mol. The Balaban J connectivity index is 3.53. The van der Waals surface area contributed by atoms with E-state index in [1.165, 1.54) is 0 Å². The SMILES string of the molecule is CCCOP(=S)(S)OCCC. The predicted octanol–water partition coefficient (Wildman–Crippen LogP) is 2.99. The molecule has 0 aromatic carbocycles. The Morgan fingerprint density at radius 3 is 1.82 bits per heavy atom. The van der Waals surface area contributed by atoms with Crippen molar-refractivity contribution in [3.8, 4) is 0 Å². The van der Waals surface area contributed by atoms with Crippen LogP contribution >= 0.6 is 17.9 Å². The largest absolute Gasteiger partial charge is 0.322 e. The quantitative estimate of drug-likeness (QED) is 0.541. The van der Waals surface area contributed by atoms with Gasteiger partial charge in [0.05, 0.1) is 13.2 Å². The summed E-state index contributed by atoms with van der Waals surface area (Å²) in [7, 11) is 0. The van der Waals surface area contributed by atoms with Crippen LogP contribution in [0.4, 0.5) is 0 Å². The molecule has 0 fully saturated rings. The van der Waals surface area contributed by atoms with Crippen LogP contribution in [0.1, 0.15) is 26.7 Å². The Labute approximate surface area is 79.0 Å². The monoisotopic (exact) mass is 214 g/mol. The van der Waals surface area contributed by atoms with Crippen molar-refractivity contribution >= 4 is 29.7 Å². The highest BCUT2D eigenvalue weighted by Crippen LogP contribution is 2.53. The number of rotatable bonds is 6. The first-order valence-corrected chi connectivity index (χ1v) is 7.53. The summed E-state index contributed by atoms with van der Waals surface area (Å²) in [4.78, 5) is 0. The maximum absolute atomic E-state index is 5.25. The van der Waals surface area contributed by atoms with Crippen molar-refractivity contribution in [1.29, 1.82) is 0 Å². The highest BCUT2D eigenvalue weighted by molar-refractivity contribution is 8.60. The Bertz CT molecular complexity index is 129. The summed E-state index contributed by atoms with van der Waals surface area (Å²) >= 11 is 9.14. The van der Waals surface area contributed by atoms with Gasteiger partial charge < -0.3 is 9.05 Å². The molecule has 11 heavy (non-hydrogen) atoms.